The Bertz CT molecular complexity index is 809. The molecule has 0 heterocycles. The SMILES string of the molecule is NC(c1cc(F)c(F)cc1F)c1cccc2ccccc12. The van der Waals surface area contributed by atoms with Crippen LogP contribution in [0.2, 0.25) is 0 Å². The van der Waals surface area contributed by atoms with Crippen LogP contribution in [-0.2, 0) is 0 Å². The van der Waals surface area contributed by atoms with E-state index in [4.69, 9.17) is 5.73 Å². The summed E-state index contributed by atoms with van der Waals surface area (Å²) < 4.78 is 40.3. The van der Waals surface area contributed by atoms with Crippen molar-refractivity contribution in [3.05, 3.63) is 83.2 Å². The molecule has 106 valence electrons. The zero-order valence-electron chi connectivity index (χ0n) is 11.0. The summed E-state index contributed by atoms with van der Waals surface area (Å²) in [7, 11) is 0. The van der Waals surface area contributed by atoms with E-state index in [-0.39, 0.29) is 5.56 Å². The fraction of sp³-hybridized carbons (Fsp3) is 0.0588. The zero-order chi connectivity index (χ0) is 15.0. The molecule has 21 heavy (non-hydrogen) atoms. The van der Waals surface area contributed by atoms with Gasteiger partial charge in [0, 0.05) is 11.6 Å². The first kappa shape index (κ1) is 13.6. The number of hydrogen-bond acceptors (Lipinski definition) is 1. The topological polar surface area (TPSA) is 26.0 Å². The van der Waals surface area contributed by atoms with Crippen molar-refractivity contribution < 1.29 is 13.2 Å². The van der Waals surface area contributed by atoms with Gasteiger partial charge in [-0.05, 0) is 22.4 Å². The van der Waals surface area contributed by atoms with Crippen LogP contribution in [0.25, 0.3) is 10.8 Å². The van der Waals surface area contributed by atoms with Gasteiger partial charge in [-0.3, -0.25) is 0 Å². The fourth-order valence-electron chi connectivity index (χ4n) is 2.47. The Hall–Kier alpha value is -2.33. The summed E-state index contributed by atoms with van der Waals surface area (Å²) in [4.78, 5) is 0. The number of nitrogens with two attached hydrogens (primary N) is 1. The number of fused-ring (bicyclic) bond motifs is 1. The molecule has 4 heteroatoms. The summed E-state index contributed by atoms with van der Waals surface area (Å²) in [6.07, 6.45) is 0. The second-order valence-corrected chi connectivity index (χ2v) is 4.83. The molecule has 0 saturated heterocycles. The van der Waals surface area contributed by atoms with E-state index in [1.54, 1.807) is 12.1 Å². The summed E-state index contributed by atoms with van der Waals surface area (Å²) in [5.41, 5.74) is 6.67. The van der Waals surface area contributed by atoms with Crippen LogP contribution in [0.15, 0.2) is 54.6 Å². The van der Waals surface area contributed by atoms with Crippen molar-refractivity contribution in [3.63, 3.8) is 0 Å². The minimum absolute atomic E-state index is 0.0646. The highest BCUT2D eigenvalue weighted by molar-refractivity contribution is 5.86. The van der Waals surface area contributed by atoms with E-state index in [2.05, 4.69) is 0 Å². The van der Waals surface area contributed by atoms with E-state index in [0.717, 1.165) is 16.8 Å². The number of rotatable bonds is 2. The molecule has 3 aromatic carbocycles. The molecule has 3 rings (SSSR count). The molecule has 0 bridgehead atoms. The maximum absolute atomic E-state index is 13.9. The molecule has 3 aromatic rings. The van der Waals surface area contributed by atoms with Crippen LogP contribution >= 0.6 is 0 Å². The minimum atomic E-state index is -1.22. The van der Waals surface area contributed by atoms with Gasteiger partial charge in [-0.25, -0.2) is 13.2 Å². The van der Waals surface area contributed by atoms with E-state index in [1.165, 1.54) is 0 Å². The largest absolute Gasteiger partial charge is 0.320 e. The fourth-order valence-corrected chi connectivity index (χ4v) is 2.47. The van der Waals surface area contributed by atoms with E-state index < -0.39 is 23.5 Å². The van der Waals surface area contributed by atoms with Gasteiger partial charge in [0.05, 0.1) is 6.04 Å². The summed E-state index contributed by atoms with van der Waals surface area (Å²) in [5, 5.41) is 1.81. The van der Waals surface area contributed by atoms with Gasteiger partial charge >= 0.3 is 0 Å². The first-order valence-corrected chi connectivity index (χ1v) is 6.45. The lowest BCUT2D eigenvalue weighted by molar-refractivity contribution is 0.488. The molecular weight excluding hydrogens is 275 g/mol. The van der Waals surface area contributed by atoms with Crippen molar-refractivity contribution in [2.45, 2.75) is 6.04 Å². The molecule has 0 aliphatic heterocycles. The van der Waals surface area contributed by atoms with Crippen LogP contribution in [0.3, 0.4) is 0 Å². The monoisotopic (exact) mass is 287 g/mol. The molecule has 1 unspecified atom stereocenters. The van der Waals surface area contributed by atoms with Gasteiger partial charge in [-0.2, -0.15) is 0 Å². The maximum Gasteiger partial charge on any atom is 0.161 e. The summed E-state index contributed by atoms with van der Waals surface area (Å²) >= 11 is 0. The lowest BCUT2D eigenvalue weighted by Gasteiger charge is -2.16. The second kappa shape index (κ2) is 5.22. The van der Waals surface area contributed by atoms with Gasteiger partial charge < -0.3 is 5.73 Å². The molecule has 0 amide bonds. The van der Waals surface area contributed by atoms with Crippen LogP contribution in [0.1, 0.15) is 17.2 Å². The van der Waals surface area contributed by atoms with Gasteiger partial charge in [0.1, 0.15) is 5.82 Å². The summed E-state index contributed by atoms with van der Waals surface area (Å²) in [5.74, 6) is -3.18. The van der Waals surface area contributed by atoms with Crippen molar-refractivity contribution in [2.24, 2.45) is 5.73 Å². The van der Waals surface area contributed by atoms with Crippen LogP contribution in [0.4, 0.5) is 13.2 Å². The van der Waals surface area contributed by atoms with Crippen LogP contribution in [0, 0.1) is 17.5 Å². The van der Waals surface area contributed by atoms with E-state index >= 15 is 0 Å². The van der Waals surface area contributed by atoms with Crippen molar-refractivity contribution in [2.75, 3.05) is 0 Å². The van der Waals surface area contributed by atoms with Crippen molar-refractivity contribution in [1.82, 2.24) is 0 Å². The zero-order valence-corrected chi connectivity index (χ0v) is 11.0. The Morgan fingerprint density at radius 2 is 1.38 bits per heavy atom. The lowest BCUT2D eigenvalue weighted by Crippen LogP contribution is -2.15. The molecule has 0 aromatic heterocycles. The summed E-state index contributed by atoms with van der Waals surface area (Å²) in [6, 6.07) is 13.4. The Morgan fingerprint density at radius 3 is 2.19 bits per heavy atom. The van der Waals surface area contributed by atoms with Gasteiger partial charge in [-0.1, -0.05) is 42.5 Å². The lowest BCUT2D eigenvalue weighted by atomic mass is 9.94. The normalized spacial score (nSPS) is 12.6. The molecule has 2 N–H and O–H groups in total. The average molecular weight is 287 g/mol. The Balaban J connectivity index is 2.17. The Morgan fingerprint density at radius 1 is 0.714 bits per heavy atom. The number of hydrogen-bond donors (Lipinski definition) is 1. The molecule has 0 aliphatic carbocycles. The highest BCUT2D eigenvalue weighted by atomic mass is 19.2. The summed E-state index contributed by atoms with van der Waals surface area (Å²) in [6.45, 7) is 0. The third kappa shape index (κ3) is 2.38. The maximum atomic E-state index is 13.9. The second-order valence-electron chi connectivity index (χ2n) is 4.83. The average Bonchev–Trinajstić information content (AvgIpc) is 2.49. The van der Waals surface area contributed by atoms with Crippen LogP contribution in [-0.4, -0.2) is 0 Å². The van der Waals surface area contributed by atoms with Crippen LogP contribution < -0.4 is 5.73 Å². The number of halogens is 3. The number of benzene rings is 3. The smallest absolute Gasteiger partial charge is 0.161 e. The minimum Gasteiger partial charge on any atom is -0.320 e. The van der Waals surface area contributed by atoms with Gasteiger partial charge in [0.25, 0.3) is 0 Å². The third-order valence-corrected chi connectivity index (χ3v) is 3.53. The molecule has 0 radical (unpaired) electrons. The van der Waals surface area contributed by atoms with Gasteiger partial charge in [0.15, 0.2) is 11.6 Å². The standard InChI is InChI=1S/C17H12F3N/c18-14-9-16(20)15(19)8-13(14)17(21)12-7-3-5-10-4-1-2-6-11(10)12/h1-9,17H,21H2. The highest BCUT2D eigenvalue weighted by Gasteiger charge is 2.18. The van der Waals surface area contributed by atoms with Gasteiger partial charge in [0.2, 0.25) is 0 Å². The van der Waals surface area contributed by atoms with Crippen molar-refractivity contribution >= 4 is 10.8 Å². The Labute approximate surface area is 119 Å². The van der Waals surface area contributed by atoms with Crippen molar-refractivity contribution in [3.8, 4) is 0 Å². The molecule has 0 spiro atoms. The quantitative estimate of drug-likeness (QED) is 0.698. The molecule has 1 nitrogen and oxygen atoms in total. The van der Waals surface area contributed by atoms with E-state index in [0.29, 0.717) is 11.6 Å². The molecular formula is C17H12F3N. The molecule has 0 fully saturated rings. The predicted octanol–water partition coefficient (Wildman–Crippen LogP) is 4.31. The van der Waals surface area contributed by atoms with Crippen LogP contribution in [0.5, 0.6) is 0 Å². The van der Waals surface area contributed by atoms with E-state index in [1.807, 2.05) is 30.3 Å². The van der Waals surface area contributed by atoms with E-state index in [9.17, 15) is 13.2 Å². The third-order valence-electron chi connectivity index (χ3n) is 3.53. The van der Waals surface area contributed by atoms with Crippen molar-refractivity contribution in [1.29, 1.82) is 0 Å². The van der Waals surface area contributed by atoms with Gasteiger partial charge in [-0.15, -0.1) is 0 Å². The first-order chi connectivity index (χ1) is 10.1. The molecule has 1 atom stereocenters. The first-order valence-electron chi connectivity index (χ1n) is 6.45. The molecule has 0 aliphatic rings. The Kier molecular flexibility index (Phi) is 3.39. The highest BCUT2D eigenvalue weighted by Crippen LogP contribution is 2.29. The molecule has 0 saturated carbocycles. The predicted molar refractivity (Wildman–Crippen MR) is 76.3 cm³/mol.